The standard InChI is InChI=1S/C14H22N2O2/c1-4-11(2)13(14(17)18-3)16-10-7-12-5-8-15-9-6-12/h5-6,8-9,11,13,16H,4,7,10H2,1-3H3. The average Bonchev–Trinajstić information content (AvgIpc) is 2.43. The fourth-order valence-corrected chi connectivity index (χ4v) is 1.80. The molecule has 0 aromatic carbocycles. The first-order valence-electron chi connectivity index (χ1n) is 6.39. The number of ether oxygens (including phenoxy) is 1. The quantitative estimate of drug-likeness (QED) is 0.750. The Kier molecular flexibility index (Phi) is 6.36. The van der Waals surface area contributed by atoms with E-state index in [-0.39, 0.29) is 17.9 Å². The second kappa shape index (κ2) is 7.82. The van der Waals surface area contributed by atoms with Gasteiger partial charge in [-0.15, -0.1) is 0 Å². The van der Waals surface area contributed by atoms with Gasteiger partial charge in [-0.1, -0.05) is 20.3 Å². The van der Waals surface area contributed by atoms with Crippen molar-refractivity contribution in [3.05, 3.63) is 30.1 Å². The van der Waals surface area contributed by atoms with Crippen LogP contribution in [0.3, 0.4) is 0 Å². The highest BCUT2D eigenvalue weighted by molar-refractivity contribution is 5.75. The number of rotatable bonds is 7. The van der Waals surface area contributed by atoms with Crippen LogP contribution in [0.5, 0.6) is 0 Å². The minimum absolute atomic E-state index is 0.181. The zero-order chi connectivity index (χ0) is 13.4. The van der Waals surface area contributed by atoms with E-state index >= 15 is 0 Å². The number of aromatic nitrogens is 1. The number of methoxy groups -OCH3 is 1. The van der Waals surface area contributed by atoms with Crippen molar-refractivity contribution in [1.29, 1.82) is 0 Å². The number of esters is 1. The number of hydrogen-bond donors (Lipinski definition) is 1. The number of carbonyl (C=O) groups is 1. The maximum Gasteiger partial charge on any atom is 0.323 e. The maximum absolute atomic E-state index is 11.7. The normalized spacial score (nSPS) is 13.9. The third-order valence-corrected chi connectivity index (χ3v) is 3.20. The molecule has 0 bridgehead atoms. The molecule has 0 saturated heterocycles. The SMILES string of the molecule is CCC(C)C(NCCc1ccncc1)C(=O)OC. The topological polar surface area (TPSA) is 51.2 Å². The Balaban J connectivity index is 2.45. The number of nitrogens with zero attached hydrogens (tertiary/aromatic N) is 1. The molecule has 2 atom stereocenters. The van der Waals surface area contributed by atoms with Crippen LogP contribution in [0.25, 0.3) is 0 Å². The molecule has 1 aromatic heterocycles. The Morgan fingerprint density at radius 3 is 2.67 bits per heavy atom. The molecule has 4 heteroatoms. The van der Waals surface area contributed by atoms with Crippen molar-refractivity contribution >= 4 is 5.97 Å². The van der Waals surface area contributed by atoms with Crippen LogP contribution in [0.2, 0.25) is 0 Å². The summed E-state index contributed by atoms with van der Waals surface area (Å²) in [6, 6.07) is 3.75. The molecule has 0 aliphatic carbocycles. The van der Waals surface area contributed by atoms with Crippen LogP contribution >= 0.6 is 0 Å². The summed E-state index contributed by atoms with van der Waals surface area (Å²) in [5.74, 6) is 0.0916. The predicted molar refractivity (Wildman–Crippen MR) is 71.2 cm³/mol. The van der Waals surface area contributed by atoms with Gasteiger partial charge in [0.2, 0.25) is 0 Å². The van der Waals surface area contributed by atoms with Gasteiger partial charge in [-0.3, -0.25) is 9.78 Å². The molecule has 1 heterocycles. The number of nitrogens with one attached hydrogen (secondary N) is 1. The van der Waals surface area contributed by atoms with E-state index in [0.717, 1.165) is 19.4 Å². The third kappa shape index (κ3) is 4.45. The van der Waals surface area contributed by atoms with Gasteiger partial charge >= 0.3 is 5.97 Å². The smallest absolute Gasteiger partial charge is 0.323 e. The zero-order valence-corrected chi connectivity index (χ0v) is 11.3. The number of carbonyl (C=O) groups excluding carboxylic acids is 1. The van der Waals surface area contributed by atoms with E-state index in [1.807, 2.05) is 12.1 Å². The Bertz CT molecular complexity index is 354. The van der Waals surface area contributed by atoms with Gasteiger partial charge in [-0.25, -0.2) is 0 Å². The highest BCUT2D eigenvalue weighted by Crippen LogP contribution is 2.09. The molecule has 0 spiro atoms. The van der Waals surface area contributed by atoms with Gasteiger partial charge in [0.05, 0.1) is 7.11 Å². The van der Waals surface area contributed by atoms with E-state index in [1.54, 1.807) is 12.4 Å². The van der Waals surface area contributed by atoms with Gasteiger partial charge in [0.1, 0.15) is 6.04 Å². The molecule has 0 aliphatic heterocycles. The molecule has 1 aromatic rings. The zero-order valence-electron chi connectivity index (χ0n) is 11.3. The highest BCUT2D eigenvalue weighted by Gasteiger charge is 2.23. The van der Waals surface area contributed by atoms with Crippen LogP contribution < -0.4 is 5.32 Å². The monoisotopic (exact) mass is 250 g/mol. The lowest BCUT2D eigenvalue weighted by molar-refractivity contribution is -0.144. The predicted octanol–water partition coefficient (Wildman–Crippen LogP) is 1.80. The first kappa shape index (κ1) is 14.6. The van der Waals surface area contributed by atoms with Crippen LogP contribution in [-0.4, -0.2) is 30.6 Å². The molecule has 100 valence electrons. The molecule has 0 saturated carbocycles. The summed E-state index contributed by atoms with van der Waals surface area (Å²) in [6.07, 6.45) is 5.39. The molecule has 0 aliphatic rings. The van der Waals surface area contributed by atoms with Crippen LogP contribution in [0.15, 0.2) is 24.5 Å². The summed E-state index contributed by atoms with van der Waals surface area (Å²) < 4.78 is 4.83. The second-order valence-corrected chi connectivity index (χ2v) is 4.45. The van der Waals surface area contributed by atoms with E-state index in [0.29, 0.717) is 0 Å². The second-order valence-electron chi connectivity index (χ2n) is 4.45. The highest BCUT2D eigenvalue weighted by atomic mass is 16.5. The summed E-state index contributed by atoms with van der Waals surface area (Å²) in [5, 5.41) is 3.27. The molecule has 2 unspecified atom stereocenters. The first-order valence-corrected chi connectivity index (χ1v) is 6.39. The van der Waals surface area contributed by atoms with Crippen LogP contribution in [-0.2, 0) is 16.0 Å². The van der Waals surface area contributed by atoms with Crippen LogP contribution in [0, 0.1) is 5.92 Å². The summed E-state index contributed by atoms with van der Waals surface area (Å²) in [7, 11) is 1.43. The molecule has 0 fully saturated rings. The fraction of sp³-hybridized carbons (Fsp3) is 0.571. The lowest BCUT2D eigenvalue weighted by Gasteiger charge is -2.21. The average molecular weight is 250 g/mol. The molecule has 1 N–H and O–H groups in total. The van der Waals surface area contributed by atoms with Crippen molar-refractivity contribution in [2.24, 2.45) is 5.92 Å². The number of hydrogen-bond acceptors (Lipinski definition) is 4. The molecule has 0 radical (unpaired) electrons. The molecular formula is C14H22N2O2. The van der Waals surface area contributed by atoms with Gasteiger partial charge in [0.15, 0.2) is 0 Å². The summed E-state index contributed by atoms with van der Waals surface area (Å²) in [6.45, 7) is 4.89. The van der Waals surface area contributed by atoms with Crippen LogP contribution in [0.4, 0.5) is 0 Å². The minimum atomic E-state index is -0.221. The molecule has 4 nitrogen and oxygen atoms in total. The van der Waals surface area contributed by atoms with Gasteiger partial charge in [-0.2, -0.15) is 0 Å². The maximum atomic E-state index is 11.7. The molecule has 1 rings (SSSR count). The van der Waals surface area contributed by atoms with E-state index in [9.17, 15) is 4.79 Å². The van der Waals surface area contributed by atoms with Crippen molar-refractivity contribution in [2.45, 2.75) is 32.7 Å². The summed E-state index contributed by atoms with van der Waals surface area (Å²) >= 11 is 0. The van der Waals surface area contributed by atoms with Gasteiger partial charge in [0, 0.05) is 12.4 Å². The fourth-order valence-electron chi connectivity index (χ4n) is 1.80. The summed E-state index contributed by atoms with van der Waals surface area (Å²) in [5.41, 5.74) is 1.21. The first-order chi connectivity index (χ1) is 8.69. The Hall–Kier alpha value is -1.42. The Morgan fingerprint density at radius 1 is 1.44 bits per heavy atom. The van der Waals surface area contributed by atoms with Gasteiger partial charge < -0.3 is 10.1 Å². The van der Waals surface area contributed by atoms with Gasteiger partial charge in [0.25, 0.3) is 0 Å². The molecule has 0 amide bonds. The van der Waals surface area contributed by atoms with Crippen molar-refractivity contribution in [3.8, 4) is 0 Å². The minimum Gasteiger partial charge on any atom is -0.468 e. The van der Waals surface area contributed by atoms with Crippen LogP contribution in [0.1, 0.15) is 25.8 Å². The Morgan fingerprint density at radius 2 is 2.11 bits per heavy atom. The van der Waals surface area contributed by atoms with Crippen molar-refractivity contribution in [1.82, 2.24) is 10.3 Å². The van der Waals surface area contributed by atoms with E-state index in [1.165, 1.54) is 12.7 Å². The lowest BCUT2D eigenvalue weighted by Crippen LogP contribution is -2.43. The lowest BCUT2D eigenvalue weighted by atomic mass is 9.99. The number of pyridine rings is 1. The van der Waals surface area contributed by atoms with E-state index in [4.69, 9.17) is 4.74 Å². The summed E-state index contributed by atoms with van der Waals surface area (Å²) in [4.78, 5) is 15.6. The van der Waals surface area contributed by atoms with Crippen molar-refractivity contribution in [2.75, 3.05) is 13.7 Å². The third-order valence-electron chi connectivity index (χ3n) is 3.20. The molecule has 18 heavy (non-hydrogen) atoms. The molecular weight excluding hydrogens is 228 g/mol. The largest absolute Gasteiger partial charge is 0.468 e. The van der Waals surface area contributed by atoms with E-state index in [2.05, 4.69) is 24.1 Å². The Labute approximate surface area is 109 Å². The van der Waals surface area contributed by atoms with Gasteiger partial charge in [-0.05, 0) is 36.6 Å². The van der Waals surface area contributed by atoms with E-state index < -0.39 is 0 Å². The van der Waals surface area contributed by atoms with Crippen molar-refractivity contribution in [3.63, 3.8) is 0 Å². The van der Waals surface area contributed by atoms with Crippen molar-refractivity contribution < 1.29 is 9.53 Å².